The fourth-order valence-corrected chi connectivity index (χ4v) is 1.53. The first-order valence-corrected chi connectivity index (χ1v) is 5.72. The van der Waals surface area contributed by atoms with Crippen LogP contribution in [0.1, 0.15) is 13.8 Å². The van der Waals surface area contributed by atoms with E-state index in [0.29, 0.717) is 21.1 Å². The highest BCUT2D eigenvalue weighted by Gasteiger charge is 2.05. The van der Waals surface area contributed by atoms with Gasteiger partial charge < -0.3 is 9.41 Å². The van der Waals surface area contributed by atoms with Gasteiger partial charge in [0.1, 0.15) is 5.76 Å². The van der Waals surface area contributed by atoms with E-state index in [-0.39, 0.29) is 0 Å². The van der Waals surface area contributed by atoms with Crippen molar-refractivity contribution in [2.24, 2.45) is 0 Å². The SMILES string of the molecule is C=C(OCC)C(=C)N(/C=C\C)PC. The molecule has 0 heterocycles. The summed E-state index contributed by atoms with van der Waals surface area (Å²) < 4.78 is 7.29. The van der Waals surface area contributed by atoms with Gasteiger partial charge in [0, 0.05) is 6.20 Å². The van der Waals surface area contributed by atoms with E-state index in [0.717, 1.165) is 5.70 Å². The summed E-state index contributed by atoms with van der Waals surface area (Å²) >= 11 is 0. The molecule has 0 rings (SSSR count). The predicted molar refractivity (Wildman–Crippen MR) is 60.8 cm³/mol. The third-order valence-electron chi connectivity index (χ3n) is 1.47. The van der Waals surface area contributed by atoms with Crippen molar-refractivity contribution in [2.75, 3.05) is 13.3 Å². The fourth-order valence-electron chi connectivity index (χ4n) is 0.840. The molecular formula is C10H18NOP. The van der Waals surface area contributed by atoms with Crippen molar-refractivity contribution < 1.29 is 4.74 Å². The van der Waals surface area contributed by atoms with Crippen LogP contribution < -0.4 is 0 Å². The molecule has 13 heavy (non-hydrogen) atoms. The van der Waals surface area contributed by atoms with Crippen molar-refractivity contribution in [1.29, 1.82) is 0 Å². The molecule has 0 radical (unpaired) electrons. The van der Waals surface area contributed by atoms with Crippen molar-refractivity contribution in [3.05, 3.63) is 36.9 Å². The van der Waals surface area contributed by atoms with Gasteiger partial charge in [-0.3, -0.25) is 0 Å². The molecule has 0 saturated carbocycles. The number of rotatable bonds is 6. The van der Waals surface area contributed by atoms with Gasteiger partial charge in [0.15, 0.2) is 0 Å². The van der Waals surface area contributed by atoms with Crippen LogP contribution in [0, 0.1) is 0 Å². The van der Waals surface area contributed by atoms with Crippen LogP contribution in [0.5, 0.6) is 0 Å². The molecule has 0 amide bonds. The molecule has 0 aromatic heterocycles. The standard InChI is InChI=1S/C10H18NOP/c1-6-8-11(13-5)9(3)10(4)12-7-2/h6,8,13H,3-4,7H2,1-2,5H3/b8-6-. The number of ether oxygens (including phenoxy) is 1. The van der Waals surface area contributed by atoms with Crippen LogP contribution in [0.3, 0.4) is 0 Å². The van der Waals surface area contributed by atoms with E-state index in [4.69, 9.17) is 4.74 Å². The quantitative estimate of drug-likeness (QED) is 0.370. The zero-order chi connectivity index (χ0) is 10.3. The van der Waals surface area contributed by atoms with Crippen molar-refractivity contribution >= 4 is 8.73 Å². The highest BCUT2D eigenvalue weighted by molar-refractivity contribution is 7.34. The Hall–Kier alpha value is -0.750. The second-order valence-electron chi connectivity index (χ2n) is 2.38. The van der Waals surface area contributed by atoms with Crippen molar-refractivity contribution in [3.63, 3.8) is 0 Å². The van der Waals surface area contributed by atoms with E-state index in [1.807, 2.05) is 30.8 Å². The Morgan fingerprint density at radius 3 is 2.54 bits per heavy atom. The Morgan fingerprint density at radius 1 is 1.54 bits per heavy atom. The van der Waals surface area contributed by atoms with E-state index in [2.05, 4.69) is 19.8 Å². The predicted octanol–water partition coefficient (Wildman–Crippen LogP) is 3.11. The van der Waals surface area contributed by atoms with Gasteiger partial charge in [0.05, 0.1) is 12.3 Å². The molecule has 1 unspecified atom stereocenters. The number of hydrogen-bond donors (Lipinski definition) is 0. The van der Waals surface area contributed by atoms with E-state index in [1.165, 1.54) is 0 Å². The molecule has 3 heteroatoms. The molecule has 0 aliphatic heterocycles. The lowest BCUT2D eigenvalue weighted by Gasteiger charge is -2.21. The van der Waals surface area contributed by atoms with E-state index >= 15 is 0 Å². The first-order chi connectivity index (χ1) is 6.17. The lowest BCUT2D eigenvalue weighted by Crippen LogP contribution is -2.08. The smallest absolute Gasteiger partial charge is 0.135 e. The van der Waals surface area contributed by atoms with Crippen LogP contribution in [-0.2, 0) is 4.74 Å². The summed E-state index contributed by atoms with van der Waals surface area (Å²) in [6.45, 7) is 14.4. The minimum Gasteiger partial charge on any atom is -0.492 e. The summed E-state index contributed by atoms with van der Waals surface area (Å²) in [5.74, 6) is 0.648. The topological polar surface area (TPSA) is 12.5 Å². The Balaban J connectivity index is 4.28. The Bertz CT molecular complexity index is 211. The Kier molecular flexibility index (Phi) is 6.34. The molecule has 0 N–H and O–H groups in total. The molecular weight excluding hydrogens is 181 g/mol. The van der Waals surface area contributed by atoms with E-state index in [1.54, 1.807) is 0 Å². The number of hydrogen-bond acceptors (Lipinski definition) is 2. The fraction of sp³-hybridized carbons (Fsp3) is 0.400. The van der Waals surface area contributed by atoms with Gasteiger partial charge in [-0.25, -0.2) is 0 Å². The maximum absolute atomic E-state index is 5.27. The summed E-state index contributed by atoms with van der Waals surface area (Å²) in [5.41, 5.74) is 0.834. The number of allylic oxidation sites excluding steroid dienone is 1. The van der Waals surface area contributed by atoms with Crippen LogP contribution in [0.15, 0.2) is 36.9 Å². The minimum absolute atomic E-state index is 0.633. The molecule has 0 aliphatic rings. The highest BCUT2D eigenvalue weighted by Crippen LogP contribution is 2.24. The van der Waals surface area contributed by atoms with E-state index in [9.17, 15) is 0 Å². The van der Waals surface area contributed by atoms with Gasteiger partial charge >= 0.3 is 0 Å². The molecule has 0 fully saturated rings. The highest BCUT2D eigenvalue weighted by atomic mass is 31.1. The van der Waals surface area contributed by atoms with Crippen molar-refractivity contribution in [2.45, 2.75) is 13.8 Å². The second kappa shape index (κ2) is 6.73. The zero-order valence-electron chi connectivity index (χ0n) is 8.63. The largest absolute Gasteiger partial charge is 0.492 e. The normalized spacial score (nSPS) is 11.0. The summed E-state index contributed by atoms with van der Waals surface area (Å²) in [6.07, 6.45) is 3.95. The second-order valence-corrected chi connectivity index (χ2v) is 3.31. The summed E-state index contributed by atoms with van der Waals surface area (Å²) in [7, 11) is 0.639. The van der Waals surface area contributed by atoms with Crippen molar-refractivity contribution in [1.82, 2.24) is 4.67 Å². The average Bonchev–Trinajstić information content (AvgIpc) is 2.13. The first-order valence-electron chi connectivity index (χ1n) is 4.27. The van der Waals surface area contributed by atoms with Crippen molar-refractivity contribution in [3.8, 4) is 0 Å². The van der Waals surface area contributed by atoms with Gasteiger partial charge in [0.25, 0.3) is 0 Å². The van der Waals surface area contributed by atoms with Gasteiger partial charge in [0.2, 0.25) is 0 Å². The van der Waals surface area contributed by atoms with Gasteiger partial charge in [-0.2, -0.15) is 0 Å². The molecule has 0 spiro atoms. The van der Waals surface area contributed by atoms with Crippen LogP contribution in [0.2, 0.25) is 0 Å². The van der Waals surface area contributed by atoms with Crippen LogP contribution >= 0.6 is 8.73 Å². The maximum Gasteiger partial charge on any atom is 0.135 e. The molecule has 0 aliphatic carbocycles. The van der Waals surface area contributed by atoms with Gasteiger partial charge in [-0.15, -0.1) is 0 Å². The number of nitrogens with zero attached hydrogens (tertiary/aromatic N) is 1. The molecule has 2 nitrogen and oxygen atoms in total. The summed E-state index contributed by atoms with van der Waals surface area (Å²) in [4.78, 5) is 0. The zero-order valence-corrected chi connectivity index (χ0v) is 9.63. The lowest BCUT2D eigenvalue weighted by atomic mass is 10.4. The summed E-state index contributed by atoms with van der Waals surface area (Å²) in [6, 6.07) is 0. The molecule has 0 aromatic carbocycles. The Morgan fingerprint density at radius 2 is 2.15 bits per heavy atom. The van der Waals surface area contributed by atoms with Crippen LogP contribution in [0.25, 0.3) is 0 Å². The summed E-state index contributed by atoms with van der Waals surface area (Å²) in [5, 5.41) is 0. The van der Waals surface area contributed by atoms with E-state index < -0.39 is 0 Å². The minimum atomic E-state index is 0.633. The maximum atomic E-state index is 5.27. The molecule has 1 atom stereocenters. The Labute approximate surface area is 82.8 Å². The van der Waals surface area contributed by atoms with Crippen LogP contribution in [-0.4, -0.2) is 17.9 Å². The molecule has 0 aromatic rings. The first kappa shape index (κ1) is 12.2. The monoisotopic (exact) mass is 199 g/mol. The van der Waals surface area contributed by atoms with Gasteiger partial charge in [-0.1, -0.05) is 19.2 Å². The van der Waals surface area contributed by atoms with Gasteiger partial charge in [-0.05, 0) is 29.2 Å². The third kappa shape index (κ3) is 4.14. The molecule has 0 saturated heterocycles. The average molecular weight is 199 g/mol. The molecule has 0 bridgehead atoms. The lowest BCUT2D eigenvalue weighted by molar-refractivity contribution is 0.232. The third-order valence-corrected chi connectivity index (χ3v) is 2.37. The molecule has 74 valence electrons. The van der Waals surface area contributed by atoms with Crippen LogP contribution in [0.4, 0.5) is 0 Å².